The smallest absolute Gasteiger partial charge is 0.117 e. The third-order valence-corrected chi connectivity index (χ3v) is 6.70. The molecule has 2 aromatic rings. The van der Waals surface area contributed by atoms with E-state index in [2.05, 4.69) is 64.9 Å². The van der Waals surface area contributed by atoms with E-state index in [1.165, 1.54) is 63.6 Å². The van der Waals surface area contributed by atoms with Gasteiger partial charge in [0.15, 0.2) is 0 Å². The summed E-state index contributed by atoms with van der Waals surface area (Å²) in [6, 6.07) is 8.46. The number of aromatic nitrogens is 3. The van der Waals surface area contributed by atoms with Crippen LogP contribution in [0.25, 0.3) is 11.0 Å². The van der Waals surface area contributed by atoms with E-state index in [1.807, 2.05) is 0 Å². The summed E-state index contributed by atoms with van der Waals surface area (Å²) in [5.41, 5.74) is 2.65. The van der Waals surface area contributed by atoms with Crippen LogP contribution in [0.3, 0.4) is 0 Å². The van der Waals surface area contributed by atoms with E-state index >= 15 is 0 Å². The van der Waals surface area contributed by atoms with Crippen LogP contribution >= 0.6 is 0 Å². The minimum absolute atomic E-state index is 0.0261. The van der Waals surface area contributed by atoms with Crippen LogP contribution in [0, 0.1) is 11.3 Å². The molecule has 136 valence electrons. The second-order valence-corrected chi connectivity index (χ2v) is 9.16. The van der Waals surface area contributed by atoms with E-state index < -0.39 is 0 Å². The van der Waals surface area contributed by atoms with Crippen LogP contribution in [0.15, 0.2) is 24.3 Å². The molecule has 2 aliphatic rings. The van der Waals surface area contributed by atoms with E-state index in [-0.39, 0.29) is 5.66 Å². The van der Waals surface area contributed by atoms with Gasteiger partial charge in [0.25, 0.3) is 0 Å². The molecule has 25 heavy (non-hydrogen) atoms. The molecule has 0 amide bonds. The Balaban J connectivity index is 1.73. The third kappa shape index (κ3) is 2.99. The van der Waals surface area contributed by atoms with E-state index in [4.69, 9.17) is 0 Å². The molecule has 2 heterocycles. The fourth-order valence-corrected chi connectivity index (χ4v) is 5.09. The second kappa shape index (κ2) is 6.39. The van der Waals surface area contributed by atoms with Gasteiger partial charge in [0.2, 0.25) is 0 Å². The van der Waals surface area contributed by atoms with Crippen molar-refractivity contribution in [3.63, 3.8) is 0 Å². The third-order valence-electron chi connectivity index (χ3n) is 6.70. The summed E-state index contributed by atoms with van der Waals surface area (Å²) >= 11 is 0. The molecule has 4 nitrogen and oxygen atoms in total. The molecule has 1 saturated heterocycles. The highest BCUT2D eigenvalue weighted by molar-refractivity contribution is 5.74. The van der Waals surface area contributed by atoms with E-state index in [0.29, 0.717) is 5.41 Å². The molecule has 1 aliphatic carbocycles. The fraction of sp³-hybridized carbons (Fsp3) is 0.714. The van der Waals surface area contributed by atoms with Crippen molar-refractivity contribution in [2.45, 2.75) is 71.4 Å². The minimum Gasteiger partial charge on any atom is -0.279 e. The highest BCUT2D eigenvalue weighted by Gasteiger charge is 2.45. The van der Waals surface area contributed by atoms with Crippen LogP contribution in [-0.2, 0) is 5.66 Å². The fourth-order valence-electron chi connectivity index (χ4n) is 5.09. The van der Waals surface area contributed by atoms with Crippen molar-refractivity contribution in [2.75, 3.05) is 13.1 Å². The molecule has 0 N–H and O–H groups in total. The van der Waals surface area contributed by atoms with Gasteiger partial charge in [-0.25, -0.2) is 4.68 Å². The molecule has 1 aromatic heterocycles. The summed E-state index contributed by atoms with van der Waals surface area (Å²) < 4.78 is 2.28. The quantitative estimate of drug-likeness (QED) is 0.787. The van der Waals surface area contributed by atoms with Gasteiger partial charge in [-0.15, -0.1) is 5.10 Å². The van der Waals surface area contributed by atoms with Gasteiger partial charge in [0, 0.05) is 13.1 Å². The lowest BCUT2D eigenvalue weighted by Gasteiger charge is -2.51. The molecule has 2 fully saturated rings. The molecule has 4 heteroatoms. The number of rotatable bonds is 2. The standard InChI is InChI=1S/C21H32N4/c1-20(2,3)17-11-13-21(14-12-17,24-15-7-4-8-16-24)25-19-10-6-5-9-18(19)22-23-25/h5-6,9-10,17H,4,7-8,11-16H2,1-3H3. The second-order valence-electron chi connectivity index (χ2n) is 9.16. The number of fused-ring (bicyclic) bond motifs is 1. The van der Waals surface area contributed by atoms with Crippen LogP contribution < -0.4 is 0 Å². The number of para-hydroxylation sites is 1. The molecule has 1 saturated carbocycles. The predicted molar refractivity (Wildman–Crippen MR) is 102 cm³/mol. The molecule has 0 spiro atoms. The monoisotopic (exact) mass is 340 g/mol. The average Bonchev–Trinajstić information content (AvgIpc) is 3.06. The van der Waals surface area contributed by atoms with Crippen molar-refractivity contribution in [1.82, 2.24) is 19.9 Å². The number of piperidine rings is 1. The maximum absolute atomic E-state index is 4.68. The lowest BCUT2D eigenvalue weighted by molar-refractivity contribution is -0.0581. The lowest BCUT2D eigenvalue weighted by atomic mass is 9.69. The van der Waals surface area contributed by atoms with Gasteiger partial charge in [-0.1, -0.05) is 44.5 Å². The maximum atomic E-state index is 4.68. The summed E-state index contributed by atoms with van der Waals surface area (Å²) in [5, 5.41) is 9.17. The van der Waals surface area contributed by atoms with Crippen molar-refractivity contribution in [3.05, 3.63) is 24.3 Å². The number of hydrogen-bond acceptors (Lipinski definition) is 3. The zero-order chi connectivity index (χ0) is 17.5. The Morgan fingerprint density at radius 1 is 1.00 bits per heavy atom. The number of likely N-dealkylation sites (tertiary alicyclic amines) is 1. The number of hydrogen-bond donors (Lipinski definition) is 0. The number of benzene rings is 1. The van der Waals surface area contributed by atoms with Gasteiger partial charge in [-0.3, -0.25) is 4.90 Å². The van der Waals surface area contributed by atoms with Crippen LogP contribution in [0.2, 0.25) is 0 Å². The van der Waals surface area contributed by atoms with Crippen molar-refractivity contribution < 1.29 is 0 Å². The number of nitrogens with zero attached hydrogens (tertiary/aromatic N) is 4. The highest BCUT2D eigenvalue weighted by atomic mass is 15.5. The Labute approximate surface area is 151 Å². The Morgan fingerprint density at radius 3 is 2.36 bits per heavy atom. The lowest BCUT2D eigenvalue weighted by Crippen LogP contribution is -2.55. The summed E-state index contributed by atoms with van der Waals surface area (Å²) in [6.07, 6.45) is 8.97. The zero-order valence-corrected chi connectivity index (χ0v) is 16.0. The Morgan fingerprint density at radius 2 is 1.68 bits per heavy atom. The van der Waals surface area contributed by atoms with Crippen molar-refractivity contribution in [1.29, 1.82) is 0 Å². The molecule has 1 aromatic carbocycles. The van der Waals surface area contributed by atoms with Crippen molar-refractivity contribution >= 4 is 11.0 Å². The van der Waals surface area contributed by atoms with Crippen LogP contribution in [-0.4, -0.2) is 33.0 Å². The topological polar surface area (TPSA) is 34.0 Å². The molecular weight excluding hydrogens is 308 g/mol. The van der Waals surface area contributed by atoms with Gasteiger partial charge in [0.1, 0.15) is 11.2 Å². The molecule has 0 atom stereocenters. The SMILES string of the molecule is CC(C)(C)C1CCC(N2CCCCC2)(n2nnc3ccccc32)CC1. The van der Waals surface area contributed by atoms with Gasteiger partial charge in [0.05, 0.1) is 5.52 Å². The van der Waals surface area contributed by atoms with Gasteiger partial charge >= 0.3 is 0 Å². The molecule has 0 unspecified atom stereocenters. The largest absolute Gasteiger partial charge is 0.279 e. The average molecular weight is 341 g/mol. The van der Waals surface area contributed by atoms with E-state index in [0.717, 1.165) is 11.4 Å². The summed E-state index contributed by atoms with van der Waals surface area (Å²) in [4.78, 5) is 2.73. The first kappa shape index (κ1) is 17.0. The molecule has 1 aliphatic heterocycles. The van der Waals surface area contributed by atoms with Gasteiger partial charge in [-0.05, 0) is 62.0 Å². The summed E-state index contributed by atoms with van der Waals surface area (Å²) in [7, 11) is 0. The van der Waals surface area contributed by atoms with E-state index in [1.54, 1.807) is 0 Å². The maximum Gasteiger partial charge on any atom is 0.117 e. The summed E-state index contributed by atoms with van der Waals surface area (Å²) in [5.74, 6) is 0.806. The normalized spacial score (nSPS) is 29.2. The summed E-state index contributed by atoms with van der Waals surface area (Å²) in [6.45, 7) is 9.60. The van der Waals surface area contributed by atoms with Crippen molar-refractivity contribution in [3.8, 4) is 0 Å². The van der Waals surface area contributed by atoms with Gasteiger partial charge < -0.3 is 0 Å². The zero-order valence-electron chi connectivity index (χ0n) is 16.0. The Bertz CT molecular complexity index is 713. The Kier molecular flexibility index (Phi) is 4.35. The highest BCUT2D eigenvalue weighted by Crippen LogP contribution is 2.47. The van der Waals surface area contributed by atoms with Crippen molar-refractivity contribution in [2.24, 2.45) is 11.3 Å². The molecular formula is C21H32N4. The van der Waals surface area contributed by atoms with Crippen LogP contribution in [0.1, 0.15) is 65.7 Å². The molecule has 4 rings (SSSR count). The predicted octanol–water partition coefficient (Wildman–Crippen LogP) is 4.81. The first-order valence-corrected chi connectivity index (χ1v) is 10.1. The molecule has 0 bridgehead atoms. The first-order chi connectivity index (χ1) is 12.0. The van der Waals surface area contributed by atoms with Crippen LogP contribution in [0.5, 0.6) is 0 Å². The van der Waals surface area contributed by atoms with E-state index in [9.17, 15) is 0 Å². The minimum atomic E-state index is 0.0261. The first-order valence-electron chi connectivity index (χ1n) is 10.1. The molecule has 0 radical (unpaired) electrons. The van der Waals surface area contributed by atoms with Crippen LogP contribution in [0.4, 0.5) is 0 Å². The van der Waals surface area contributed by atoms with Gasteiger partial charge in [-0.2, -0.15) is 0 Å². The Hall–Kier alpha value is -1.42.